The van der Waals surface area contributed by atoms with Crippen molar-refractivity contribution in [2.75, 3.05) is 5.73 Å². The summed E-state index contributed by atoms with van der Waals surface area (Å²) in [6.45, 7) is 1.73. The molecule has 0 spiro atoms. The molecule has 2 aromatic rings. The monoisotopic (exact) mass is 279 g/mol. The molecule has 0 aliphatic rings. The van der Waals surface area contributed by atoms with Crippen LogP contribution < -0.4 is 5.73 Å². The van der Waals surface area contributed by atoms with Gasteiger partial charge in [0.15, 0.2) is 5.78 Å². The number of hydrogen-bond donors (Lipinski definition) is 1. The highest BCUT2D eigenvalue weighted by Gasteiger charge is 2.30. The maximum atomic E-state index is 12.6. The molecule has 5 heteroatoms. The Morgan fingerprint density at radius 2 is 1.70 bits per heavy atom. The first-order chi connectivity index (χ1) is 9.29. The van der Waals surface area contributed by atoms with Gasteiger partial charge in [0.1, 0.15) is 0 Å². The van der Waals surface area contributed by atoms with E-state index in [4.69, 9.17) is 5.73 Å². The number of nitrogen functional groups attached to an aromatic ring is 1. The van der Waals surface area contributed by atoms with Gasteiger partial charge in [0.05, 0.1) is 5.56 Å². The zero-order chi connectivity index (χ0) is 14.9. The number of carbonyl (C=O) groups excluding carboxylic acids is 1. The summed E-state index contributed by atoms with van der Waals surface area (Å²) in [5, 5.41) is 0. The van der Waals surface area contributed by atoms with Crippen LogP contribution in [0.2, 0.25) is 0 Å². The van der Waals surface area contributed by atoms with Crippen molar-refractivity contribution >= 4 is 11.5 Å². The van der Waals surface area contributed by atoms with E-state index in [-0.39, 0.29) is 5.56 Å². The Labute approximate surface area is 114 Å². The Balaban J connectivity index is 2.41. The number of benzene rings is 2. The average molecular weight is 279 g/mol. The van der Waals surface area contributed by atoms with Gasteiger partial charge in [0.25, 0.3) is 0 Å². The summed E-state index contributed by atoms with van der Waals surface area (Å²) in [6.07, 6.45) is -4.46. The van der Waals surface area contributed by atoms with E-state index < -0.39 is 17.5 Å². The van der Waals surface area contributed by atoms with Gasteiger partial charge < -0.3 is 5.73 Å². The van der Waals surface area contributed by atoms with Crippen molar-refractivity contribution in [1.29, 1.82) is 0 Å². The van der Waals surface area contributed by atoms with Crippen LogP contribution in [0.15, 0.2) is 42.5 Å². The smallest absolute Gasteiger partial charge is 0.399 e. The van der Waals surface area contributed by atoms with E-state index in [2.05, 4.69) is 0 Å². The number of alkyl halides is 3. The van der Waals surface area contributed by atoms with E-state index in [1.807, 2.05) is 0 Å². The fourth-order valence-corrected chi connectivity index (χ4v) is 1.82. The van der Waals surface area contributed by atoms with Gasteiger partial charge in [-0.25, -0.2) is 0 Å². The van der Waals surface area contributed by atoms with Crippen LogP contribution in [0, 0.1) is 6.92 Å². The third-order valence-corrected chi connectivity index (χ3v) is 2.98. The molecule has 0 fully saturated rings. The van der Waals surface area contributed by atoms with Crippen LogP contribution in [0.1, 0.15) is 27.0 Å². The van der Waals surface area contributed by atoms with Crippen LogP contribution >= 0.6 is 0 Å². The summed E-state index contributed by atoms with van der Waals surface area (Å²) >= 11 is 0. The normalized spacial score (nSPS) is 11.4. The van der Waals surface area contributed by atoms with E-state index >= 15 is 0 Å². The quantitative estimate of drug-likeness (QED) is 0.670. The lowest BCUT2D eigenvalue weighted by Crippen LogP contribution is -2.08. The van der Waals surface area contributed by atoms with Crippen LogP contribution in [-0.2, 0) is 6.18 Å². The van der Waals surface area contributed by atoms with E-state index in [1.54, 1.807) is 19.1 Å². The standard InChI is InChI=1S/C15H12F3NO/c1-9-7-11(5-6-13(9)19)14(20)10-3-2-4-12(8-10)15(16,17)18/h2-8H,19H2,1H3. The van der Waals surface area contributed by atoms with E-state index in [1.165, 1.54) is 18.2 Å². The summed E-state index contributed by atoms with van der Waals surface area (Å²) in [4.78, 5) is 12.2. The summed E-state index contributed by atoms with van der Waals surface area (Å²) in [5.41, 5.74) is 6.37. The molecular weight excluding hydrogens is 267 g/mol. The fraction of sp³-hybridized carbons (Fsp3) is 0.133. The van der Waals surface area contributed by atoms with Gasteiger partial charge >= 0.3 is 6.18 Å². The predicted octanol–water partition coefficient (Wildman–Crippen LogP) is 3.83. The number of aryl methyl sites for hydroxylation is 1. The Hall–Kier alpha value is -2.30. The number of rotatable bonds is 2. The summed E-state index contributed by atoms with van der Waals surface area (Å²) in [6, 6.07) is 9.02. The van der Waals surface area contributed by atoms with E-state index in [0.29, 0.717) is 16.8 Å². The minimum atomic E-state index is -4.46. The molecule has 2 aromatic carbocycles. The third-order valence-electron chi connectivity index (χ3n) is 2.98. The molecule has 0 aliphatic carbocycles. The van der Waals surface area contributed by atoms with Gasteiger partial charge in [0.2, 0.25) is 0 Å². The van der Waals surface area contributed by atoms with E-state index in [0.717, 1.165) is 12.1 Å². The molecule has 0 saturated carbocycles. The molecule has 0 aliphatic heterocycles. The van der Waals surface area contributed by atoms with Crippen LogP contribution in [0.3, 0.4) is 0 Å². The molecule has 20 heavy (non-hydrogen) atoms. The summed E-state index contributed by atoms with van der Waals surface area (Å²) < 4.78 is 37.9. The second-order valence-electron chi connectivity index (χ2n) is 4.48. The molecule has 2 rings (SSSR count). The van der Waals surface area contributed by atoms with Crippen LogP contribution in [-0.4, -0.2) is 5.78 Å². The van der Waals surface area contributed by atoms with E-state index in [9.17, 15) is 18.0 Å². The molecule has 0 saturated heterocycles. The first-order valence-corrected chi connectivity index (χ1v) is 5.87. The average Bonchev–Trinajstić information content (AvgIpc) is 2.40. The second-order valence-corrected chi connectivity index (χ2v) is 4.48. The van der Waals surface area contributed by atoms with Crippen LogP contribution in [0.4, 0.5) is 18.9 Å². The van der Waals surface area contributed by atoms with Gasteiger partial charge in [0, 0.05) is 16.8 Å². The zero-order valence-corrected chi connectivity index (χ0v) is 10.7. The van der Waals surface area contributed by atoms with Crippen molar-refractivity contribution in [2.45, 2.75) is 13.1 Å². The molecule has 0 heterocycles. The zero-order valence-electron chi connectivity index (χ0n) is 10.7. The minimum absolute atomic E-state index is 0.00370. The van der Waals surface area contributed by atoms with Crippen molar-refractivity contribution in [3.8, 4) is 0 Å². The fourth-order valence-electron chi connectivity index (χ4n) is 1.82. The Bertz CT molecular complexity index is 662. The van der Waals surface area contributed by atoms with Crippen molar-refractivity contribution in [1.82, 2.24) is 0 Å². The first-order valence-electron chi connectivity index (χ1n) is 5.87. The Morgan fingerprint density at radius 1 is 1.05 bits per heavy atom. The highest BCUT2D eigenvalue weighted by molar-refractivity contribution is 6.09. The summed E-state index contributed by atoms with van der Waals surface area (Å²) in [5.74, 6) is -0.459. The van der Waals surface area contributed by atoms with Crippen LogP contribution in [0.5, 0.6) is 0 Å². The number of nitrogens with two attached hydrogens (primary N) is 1. The van der Waals surface area contributed by atoms with Gasteiger partial charge in [-0.2, -0.15) is 13.2 Å². The number of ketones is 1. The lowest BCUT2D eigenvalue weighted by Gasteiger charge is -2.09. The molecular formula is C15H12F3NO. The second kappa shape index (κ2) is 5.00. The molecule has 0 amide bonds. The maximum absolute atomic E-state index is 12.6. The first kappa shape index (κ1) is 14.1. The largest absolute Gasteiger partial charge is 0.416 e. The SMILES string of the molecule is Cc1cc(C(=O)c2cccc(C(F)(F)F)c2)ccc1N. The molecule has 0 atom stereocenters. The van der Waals surface area contributed by atoms with Gasteiger partial charge in [-0.15, -0.1) is 0 Å². The predicted molar refractivity (Wildman–Crippen MR) is 70.5 cm³/mol. The van der Waals surface area contributed by atoms with Crippen molar-refractivity contribution in [2.24, 2.45) is 0 Å². The number of hydrogen-bond acceptors (Lipinski definition) is 2. The molecule has 2 nitrogen and oxygen atoms in total. The number of halogens is 3. The Morgan fingerprint density at radius 3 is 2.30 bits per heavy atom. The Kier molecular flexibility index (Phi) is 3.53. The highest BCUT2D eigenvalue weighted by atomic mass is 19.4. The van der Waals surface area contributed by atoms with Gasteiger partial charge in [-0.3, -0.25) is 4.79 Å². The molecule has 0 unspecified atom stereocenters. The molecule has 0 aromatic heterocycles. The topological polar surface area (TPSA) is 43.1 Å². The van der Waals surface area contributed by atoms with Crippen molar-refractivity contribution in [3.05, 3.63) is 64.7 Å². The lowest BCUT2D eigenvalue weighted by atomic mass is 9.99. The van der Waals surface area contributed by atoms with Crippen LogP contribution in [0.25, 0.3) is 0 Å². The summed E-state index contributed by atoms with van der Waals surface area (Å²) in [7, 11) is 0. The molecule has 2 N–H and O–H groups in total. The molecule has 104 valence electrons. The third kappa shape index (κ3) is 2.82. The van der Waals surface area contributed by atoms with Gasteiger partial charge in [-0.1, -0.05) is 12.1 Å². The lowest BCUT2D eigenvalue weighted by molar-refractivity contribution is -0.137. The molecule has 0 bridgehead atoms. The highest BCUT2D eigenvalue weighted by Crippen LogP contribution is 2.30. The number of anilines is 1. The van der Waals surface area contributed by atoms with Gasteiger partial charge in [-0.05, 0) is 42.8 Å². The molecule has 0 radical (unpaired) electrons. The number of carbonyl (C=O) groups is 1. The van der Waals surface area contributed by atoms with Crippen molar-refractivity contribution < 1.29 is 18.0 Å². The minimum Gasteiger partial charge on any atom is -0.399 e. The maximum Gasteiger partial charge on any atom is 0.416 e. The van der Waals surface area contributed by atoms with Crippen molar-refractivity contribution in [3.63, 3.8) is 0 Å².